The van der Waals surface area contributed by atoms with Crippen molar-refractivity contribution in [2.75, 3.05) is 0 Å². The van der Waals surface area contributed by atoms with E-state index in [1.807, 2.05) is 44.2 Å². The summed E-state index contributed by atoms with van der Waals surface area (Å²) in [4.78, 5) is 30.3. The fourth-order valence-corrected chi connectivity index (χ4v) is 8.01. The molecule has 0 aliphatic heterocycles. The number of sulfonamides is 1. The van der Waals surface area contributed by atoms with E-state index < -0.39 is 21.6 Å². The van der Waals surface area contributed by atoms with Crippen LogP contribution in [0.2, 0.25) is 0 Å². The second kappa shape index (κ2) is 13.9. The summed E-state index contributed by atoms with van der Waals surface area (Å²) >= 11 is 1.48. The molecule has 1 saturated carbocycles. The van der Waals surface area contributed by atoms with Crippen LogP contribution >= 0.6 is 11.3 Å². The Kier molecular flexibility index (Phi) is 10.5. The fraction of sp³-hybridized carbons (Fsp3) is 0.452. The SMILES string of the molecule is CC(C)OC(=O)NC1CCC(c2ncc(-c3ccccc3S(=O)(=O)N(NC(=O)NCc3ccccc3)C(C)(C)C)s2)CC1. The molecule has 0 unspecified atom stereocenters. The number of alkyl carbamates (subject to hydrolysis) is 1. The molecule has 2 aromatic carbocycles. The predicted octanol–water partition coefficient (Wildman–Crippen LogP) is 6.17. The van der Waals surface area contributed by atoms with E-state index in [9.17, 15) is 18.0 Å². The van der Waals surface area contributed by atoms with E-state index in [1.54, 1.807) is 51.2 Å². The van der Waals surface area contributed by atoms with Crippen molar-refractivity contribution in [2.45, 2.75) is 95.3 Å². The van der Waals surface area contributed by atoms with Gasteiger partial charge in [0.1, 0.15) is 0 Å². The molecule has 0 atom stereocenters. The minimum absolute atomic E-state index is 0.0635. The molecule has 10 nitrogen and oxygen atoms in total. The van der Waals surface area contributed by atoms with E-state index in [2.05, 4.69) is 21.0 Å². The average Bonchev–Trinajstić information content (AvgIpc) is 3.45. The lowest BCUT2D eigenvalue weighted by atomic mass is 9.86. The Morgan fingerprint density at radius 2 is 1.67 bits per heavy atom. The molecule has 12 heteroatoms. The smallest absolute Gasteiger partial charge is 0.407 e. The summed E-state index contributed by atoms with van der Waals surface area (Å²) in [6.45, 7) is 9.07. The summed E-state index contributed by atoms with van der Waals surface area (Å²) in [7, 11) is -4.17. The number of thiazole rings is 1. The van der Waals surface area contributed by atoms with E-state index in [0.29, 0.717) is 5.56 Å². The van der Waals surface area contributed by atoms with Gasteiger partial charge < -0.3 is 15.4 Å². The van der Waals surface area contributed by atoms with Crippen LogP contribution in [0.25, 0.3) is 10.4 Å². The number of nitrogens with zero attached hydrogens (tertiary/aromatic N) is 2. The number of nitrogens with one attached hydrogen (secondary N) is 3. The number of hydrazine groups is 1. The largest absolute Gasteiger partial charge is 0.447 e. The summed E-state index contributed by atoms with van der Waals surface area (Å²) < 4.78 is 34.4. The maximum absolute atomic E-state index is 14.1. The van der Waals surface area contributed by atoms with Crippen LogP contribution < -0.4 is 16.1 Å². The number of carbonyl (C=O) groups excluding carboxylic acids is 2. The Labute approximate surface area is 258 Å². The Morgan fingerprint density at radius 1 is 1.02 bits per heavy atom. The van der Waals surface area contributed by atoms with Gasteiger partial charge in [-0.2, -0.15) is 0 Å². The van der Waals surface area contributed by atoms with Gasteiger partial charge in [-0.25, -0.2) is 23.0 Å². The highest BCUT2D eigenvalue weighted by molar-refractivity contribution is 7.89. The van der Waals surface area contributed by atoms with E-state index in [4.69, 9.17) is 4.74 Å². The van der Waals surface area contributed by atoms with E-state index in [-0.39, 0.29) is 35.6 Å². The third-order valence-electron chi connectivity index (χ3n) is 7.04. The monoisotopic (exact) mass is 627 g/mol. The van der Waals surface area contributed by atoms with Crippen molar-refractivity contribution in [3.05, 3.63) is 71.4 Å². The number of hydrogen-bond acceptors (Lipinski definition) is 7. The lowest BCUT2D eigenvalue weighted by Crippen LogP contribution is -2.57. The molecule has 1 heterocycles. The number of rotatable bonds is 9. The van der Waals surface area contributed by atoms with Crippen LogP contribution in [-0.4, -0.2) is 47.6 Å². The normalized spacial score (nSPS) is 17.5. The molecule has 4 rings (SSSR count). The van der Waals surface area contributed by atoms with Gasteiger partial charge in [-0.3, -0.25) is 5.43 Å². The maximum atomic E-state index is 14.1. The van der Waals surface area contributed by atoms with E-state index in [1.165, 1.54) is 11.3 Å². The zero-order chi connectivity index (χ0) is 31.2. The summed E-state index contributed by atoms with van der Waals surface area (Å²) in [5, 5.41) is 6.63. The molecule has 0 radical (unpaired) electrons. The summed E-state index contributed by atoms with van der Waals surface area (Å²) in [5.41, 5.74) is 3.04. The van der Waals surface area contributed by atoms with Gasteiger partial charge in [0, 0.05) is 35.8 Å². The van der Waals surface area contributed by atoms with E-state index in [0.717, 1.165) is 45.5 Å². The third-order valence-corrected chi connectivity index (χ3v) is 10.3. The van der Waals surface area contributed by atoms with Crippen LogP contribution in [0.1, 0.15) is 76.8 Å². The molecular formula is C31H41N5O5S2. The fourth-order valence-electron chi connectivity index (χ4n) is 4.99. The predicted molar refractivity (Wildman–Crippen MR) is 168 cm³/mol. The van der Waals surface area contributed by atoms with Crippen molar-refractivity contribution in [3.63, 3.8) is 0 Å². The molecule has 1 aromatic heterocycles. The Balaban J connectivity index is 1.49. The van der Waals surface area contributed by atoms with Crippen LogP contribution in [0.15, 0.2) is 65.7 Å². The van der Waals surface area contributed by atoms with Crippen molar-refractivity contribution in [1.29, 1.82) is 0 Å². The molecule has 1 aliphatic carbocycles. The Hall–Kier alpha value is -3.48. The lowest BCUT2D eigenvalue weighted by molar-refractivity contribution is 0.109. The molecule has 3 aromatic rings. The molecule has 1 aliphatic rings. The first-order valence-corrected chi connectivity index (χ1v) is 16.8. The van der Waals surface area contributed by atoms with Gasteiger partial charge in [0.05, 0.1) is 20.9 Å². The molecule has 232 valence electrons. The minimum atomic E-state index is -4.17. The van der Waals surface area contributed by atoms with Crippen LogP contribution in [0.4, 0.5) is 9.59 Å². The number of hydrogen-bond donors (Lipinski definition) is 3. The van der Waals surface area contributed by atoms with Crippen LogP contribution in [-0.2, 0) is 21.3 Å². The zero-order valence-corrected chi connectivity index (χ0v) is 26.9. The third kappa shape index (κ3) is 8.55. The van der Waals surface area contributed by atoms with Gasteiger partial charge in [0.2, 0.25) is 0 Å². The molecular weight excluding hydrogens is 587 g/mol. The highest BCUT2D eigenvalue weighted by Crippen LogP contribution is 2.40. The first-order valence-electron chi connectivity index (χ1n) is 14.5. The topological polar surface area (TPSA) is 130 Å². The highest BCUT2D eigenvalue weighted by Gasteiger charge is 2.37. The maximum Gasteiger partial charge on any atom is 0.407 e. The second-order valence-electron chi connectivity index (χ2n) is 11.9. The number of benzene rings is 2. The molecule has 0 saturated heterocycles. The highest BCUT2D eigenvalue weighted by atomic mass is 32.2. The zero-order valence-electron chi connectivity index (χ0n) is 25.3. The molecule has 3 amide bonds. The average molecular weight is 628 g/mol. The van der Waals surface area contributed by atoms with Gasteiger partial charge in [0.15, 0.2) is 0 Å². The van der Waals surface area contributed by atoms with Crippen molar-refractivity contribution < 1.29 is 22.7 Å². The van der Waals surface area contributed by atoms with E-state index >= 15 is 0 Å². The minimum Gasteiger partial charge on any atom is -0.447 e. The Morgan fingerprint density at radius 3 is 2.33 bits per heavy atom. The standard InChI is InChI=1S/C31H41N5O5S2/c1-21(2)41-30(38)34-24-17-15-23(16-18-24)28-32-20-26(42-28)25-13-9-10-14-27(25)43(39,40)36(31(3,4)5)35-29(37)33-19-22-11-7-6-8-12-22/h6-14,20-21,23-24H,15-19H2,1-5H3,(H,34,38)(H2,33,35,37). The first-order chi connectivity index (χ1) is 20.3. The molecule has 3 N–H and O–H groups in total. The first kappa shape index (κ1) is 32.4. The van der Waals surface area contributed by atoms with Crippen molar-refractivity contribution >= 4 is 33.5 Å². The van der Waals surface area contributed by atoms with Gasteiger partial charge in [-0.1, -0.05) is 48.5 Å². The van der Waals surface area contributed by atoms with Crippen molar-refractivity contribution in [3.8, 4) is 10.4 Å². The molecule has 0 spiro atoms. The molecule has 43 heavy (non-hydrogen) atoms. The number of ether oxygens (including phenoxy) is 1. The van der Waals surface area contributed by atoms with Crippen LogP contribution in [0.5, 0.6) is 0 Å². The number of carbonyl (C=O) groups is 2. The summed E-state index contributed by atoms with van der Waals surface area (Å²) in [5.74, 6) is 0.225. The van der Waals surface area contributed by atoms with Gasteiger partial charge in [-0.05, 0) is 71.9 Å². The van der Waals surface area contributed by atoms with Crippen molar-refractivity contribution in [1.82, 2.24) is 25.5 Å². The summed E-state index contributed by atoms with van der Waals surface area (Å²) in [6, 6.07) is 15.6. The number of urea groups is 1. The second-order valence-corrected chi connectivity index (χ2v) is 14.7. The molecule has 1 fully saturated rings. The number of aromatic nitrogens is 1. The van der Waals surface area contributed by atoms with Gasteiger partial charge in [0.25, 0.3) is 10.0 Å². The Bertz CT molecular complexity index is 1490. The number of amides is 3. The van der Waals surface area contributed by atoms with Crippen molar-refractivity contribution in [2.24, 2.45) is 0 Å². The summed E-state index contributed by atoms with van der Waals surface area (Å²) in [6.07, 6.45) is 4.52. The van der Waals surface area contributed by atoms with Crippen LogP contribution in [0.3, 0.4) is 0 Å². The van der Waals surface area contributed by atoms with Crippen LogP contribution in [0, 0.1) is 0 Å². The van der Waals surface area contributed by atoms with Gasteiger partial charge in [-0.15, -0.1) is 15.8 Å². The van der Waals surface area contributed by atoms with Gasteiger partial charge >= 0.3 is 12.1 Å². The molecule has 0 bridgehead atoms. The quantitative estimate of drug-likeness (QED) is 0.243. The lowest BCUT2D eigenvalue weighted by Gasteiger charge is -2.34.